The molecular formula is C16H23N3O3. The molecule has 1 saturated heterocycles. The molecule has 6 heteroatoms. The predicted octanol–water partition coefficient (Wildman–Crippen LogP) is 0.0918. The van der Waals surface area contributed by atoms with E-state index >= 15 is 0 Å². The Balaban J connectivity index is 2.09. The Labute approximate surface area is 131 Å². The number of ether oxygens (including phenoxy) is 1. The quantitative estimate of drug-likeness (QED) is 0.809. The molecule has 1 heterocycles. The highest BCUT2D eigenvalue weighted by Crippen LogP contribution is 2.15. The van der Waals surface area contributed by atoms with Crippen LogP contribution >= 0.6 is 0 Å². The van der Waals surface area contributed by atoms with E-state index in [0.717, 1.165) is 5.56 Å². The van der Waals surface area contributed by atoms with Crippen LogP contribution in [-0.2, 0) is 20.9 Å². The molecule has 1 aliphatic heterocycles. The summed E-state index contributed by atoms with van der Waals surface area (Å²) in [5, 5.41) is 3.01. The number of nitrogens with one attached hydrogen (secondary N) is 1. The van der Waals surface area contributed by atoms with E-state index < -0.39 is 6.04 Å². The molecule has 120 valence electrons. The lowest BCUT2D eigenvalue weighted by Crippen LogP contribution is -2.56. The average Bonchev–Trinajstić information content (AvgIpc) is 2.54. The summed E-state index contributed by atoms with van der Waals surface area (Å²) in [7, 11) is 3.59. The van der Waals surface area contributed by atoms with Gasteiger partial charge < -0.3 is 19.9 Å². The van der Waals surface area contributed by atoms with Gasteiger partial charge in [-0.25, -0.2) is 0 Å². The number of rotatable bonds is 6. The second-order valence-electron chi connectivity index (χ2n) is 5.40. The molecule has 0 radical (unpaired) electrons. The maximum atomic E-state index is 12.6. The summed E-state index contributed by atoms with van der Waals surface area (Å²) in [5.41, 5.74) is 1.01. The third kappa shape index (κ3) is 4.05. The Morgan fingerprint density at radius 1 is 1.41 bits per heavy atom. The number of likely N-dealkylation sites (N-methyl/N-ethyl adjacent to an activating group) is 2. The van der Waals surface area contributed by atoms with Gasteiger partial charge in [-0.1, -0.05) is 30.3 Å². The van der Waals surface area contributed by atoms with E-state index in [1.54, 1.807) is 16.8 Å². The number of amides is 2. The smallest absolute Gasteiger partial charge is 0.249 e. The highest BCUT2D eigenvalue weighted by atomic mass is 16.5. The molecule has 1 aromatic carbocycles. The van der Waals surface area contributed by atoms with Gasteiger partial charge in [-0.05, 0) is 12.6 Å². The van der Waals surface area contributed by atoms with E-state index in [2.05, 4.69) is 5.32 Å². The van der Waals surface area contributed by atoms with Crippen LogP contribution in [0.3, 0.4) is 0 Å². The van der Waals surface area contributed by atoms with Gasteiger partial charge in [-0.2, -0.15) is 0 Å². The Hall–Kier alpha value is -1.92. The van der Waals surface area contributed by atoms with E-state index in [0.29, 0.717) is 19.6 Å². The van der Waals surface area contributed by atoms with Crippen molar-refractivity contribution >= 4 is 11.8 Å². The molecule has 0 spiro atoms. The van der Waals surface area contributed by atoms with Crippen molar-refractivity contribution in [2.45, 2.75) is 12.6 Å². The number of carbonyl (C=O) groups is 2. The second-order valence-corrected chi connectivity index (χ2v) is 5.40. The van der Waals surface area contributed by atoms with Crippen molar-refractivity contribution in [3.8, 4) is 0 Å². The molecule has 1 aromatic rings. The number of benzene rings is 1. The monoisotopic (exact) mass is 305 g/mol. The normalized spacial score (nSPS) is 18.4. The molecular weight excluding hydrogens is 282 g/mol. The Morgan fingerprint density at radius 2 is 2.14 bits per heavy atom. The average molecular weight is 305 g/mol. The summed E-state index contributed by atoms with van der Waals surface area (Å²) in [6.45, 7) is 2.03. The second kappa shape index (κ2) is 7.91. The number of hydrogen-bond donors (Lipinski definition) is 1. The van der Waals surface area contributed by atoms with Crippen LogP contribution in [0.15, 0.2) is 30.3 Å². The zero-order chi connectivity index (χ0) is 15.9. The van der Waals surface area contributed by atoms with E-state index in [1.807, 2.05) is 37.4 Å². The lowest BCUT2D eigenvalue weighted by Gasteiger charge is -2.36. The van der Waals surface area contributed by atoms with Crippen molar-refractivity contribution in [1.82, 2.24) is 15.1 Å². The van der Waals surface area contributed by atoms with Gasteiger partial charge in [0.15, 0.2) is 0 Å². The van der Waals surface area contributed by atoms with E-state index in [4.69, 9.17) is 4.74 Å². The van der Waals surface area contributed by atoms with Gasteiger partial charge in [0.05, 0.1) is 6.61 Å². The van der Waals surface area contributed by atoms with Gasteiger partial charge >= 0.3 is 0 Å². The Kier molecular flexibility index (Phi) is 5.91. The maximum absolute atomic E-state index is 12.6. The largest absolute Gasteiger partial charge is 0.369 e. The first-order valence-corrected chi connectivity index (χ1v) is 7.44. The molecule has 22 heavy (non-hydrogen) atoms. The molecule has 0 aromatic heterocycles. The fourth-order valence-electron chi connectivity index (χ4n) is 2.43. The zero-order valence-corrected chi connectivity index (χ0v) is 13.1. The fourth-order valence-corrected chi connectivity index (χ4v) is 2.43. The highest BCUT2D eigenvalue weighted by Gasteiger charge is 2.35. The molecule has 6 nitrogen and oxygen atoms in total. The molecule has 1 fully saturated rings. The van der Waals surface area contributed by atoms with Crippen LogP contribution in [-0.4, -0.2) is 68.1 Å². The number of hydrogen-bond acceptors (Lipinski definition) is 4. The van der Waals surface area contributed by atoms with Crippen molar-refractivity contribution in [3.63, 3.8) is 0 Å². The third-order valence-electron chi connectivity index (χ3n) is 3.75. The molecule has 0 unspecified atom stereocenters. The van der Waals surface area contributed by atoms with Gasteiger partial charge in [0.2, 0.25) is 11.8 Å². The van der Waals surface area contributed by atoms with E-state index in [1.165, 1.54) is 0 Å². The van der Waals surface area contributed by atoms with Crippen LogP contribution in [0.1, 0.15) is 5.56 Å². The molecule has 0 saturated carbocycles. The first-order chi connectivity index (χ1) is 10.6. The van der Waals surface area contributed by atoms with Gasteiger partial charge in [0.25, 0.3) is 0 Å². The lowest BCUT2D eigenvalue weighted by atomic mass is 10.1. The maximum Gasteiger partial charge on any atom is 0.249 e. The fraction of sp³-hybridized carbons (Fsp3) is 0.500. The summed E-state index contributed by atoms with van der Waals surface area (Å²) in [5.74, 6) is -0.227. The van der Waals surface area contributed by atoms with Gasteiger partial charge in [0, 0.05) is 26.7 Å². The standard InChI is InChI=1S/C16H23N3O3/c1-17-8-9-18(2)16(21)14-11-22-12-15(20)19(14)10-13-6-4-3-5-7-13/h3-7,14,17H,8-12H2,1-2H3/t14-/m1/s1. The number of morpholine rings is 1. The minimum atomic E-state index is -0.552. The SMILES string of the molecule is CNCCN(C)C(=O)[C@H]1COCC(=O)N1Cc1ccccc1. The van der Waals surface area contributed by atoms with Crippen LogP contribution in [0.25, 0.3) is 0 Å². The van der Waals surface area contributed by atoms with Gasteiger partial charge in [-0.15, -0.1) is 0 Å². The van der Waals surface area contributed by atoms with Crippen molar-refractivity contribution < 1.29 is 14.3 Å². The lowest BCUT2D eigenvalue weighted by molar-refractivity contribution is -0.159. The molecule has 1 atom stereocenters. The van der Waals surface area contributed by atoms with Crippen LogP contribution < -0.4 is 5.32 Å². The molecule has 1 aliphatic rings. The summed E-state index contributed by atoms with van der Waals surface area (Å²) in [6.07, 6.45) is 0. The van der Waals surface area contributed by atoms with Crippen LogP contribution in [0.2, 0.25) is 0 Å². The first kappa shape index (κ1) is 16.5. The summed E-state index contributed by atoms with van der Waals surface area (Å²) in [6, 6.07) is 9.14. The Bertz CT molecular complexity index is 507. The van der Waals surface area contributed by atoms with Crippen LogP contribution in [0.4, 0.5) is 0 Å². The molecule has 0 bridgehead atoms. The molecule has 0 aliphatic carbocycles. The summed E-state index contributed by atoms with van der Waals surface area (Å²) < 4.78 is 5.28. The molecule has 1 N–H and O–H groups in total. The van der Waals surface area contributed by atoms with Crippen molar-refractivity contribution in [3.05, 3.63) is 35.9 Å². The minimum absolute atomic E-state index is 0.0385. The summed E-state index contributed by atoms with van der Waals surface area (Å²) in [4.78, 5) is 28.0. The zero-order valence-electron chi connectivity index (χ0n) is 13.1. The number of carbonyl (C=O) groups excluding carboxylic acids is 2. The van der Waals surface area contributed by atoms with Crippen molar-refractivity contribution in [2.75, 3.05) is 40.4 Å². The molecule has 2 amide bonds. The third-order valence-corrected chi connectivity index (χ3v) is 3.75. The van der Waals surface area contributed by atoms with Gasteiger partial charge in [0.1, 0.15) is 12.6 Å². The van der Waals surface area contributed by atoms with Crippen LogP contribution in [0.5, 0.6) is 0 Å². The van der Waals surface area contributed by atoms with E-state index in [9.17, 15) is 9.59 Å². The topological polar surface area (TPSA) is 61.9 Å². The predicted molar refractivity (Wildman–Crippen MR) is 83.2 cm³/mol. The highest BCUT2D eigenvalue weighted by molar-refractivity contribution is 5.89. The minimum Gasteiger partial charge on any atom is -0.369 e. The van der Waals surface area contributed by atoms with E-state index in [-0.39, 0.29) is 25.0 Å². The van der Waals surface area contributed by atoms with Crippen LogP contribution in [0, 0.1) is 0 Å². The first-order valence-electron chi connectivity index (χ1n) is 7.44. The summed E-state index contributed by atoms with van der Waals surface area (Å²) >= 11 is 0. The van der Waals surface area contributed by atoms with Gasteiger partial charge in [-0.3, -0.25) is 9.59 Å². The Morgan fingerprint density at radius 3 is 2.82 bits per heavy atom. The number of nitrogens with zero attached hydrogens (tertiary/aromatic N) is 2. The van der Waals surface area contributed by atoms with Crippen molar-refractivity contribution in [1.29, 1.82) is 0 Å². The van der Waals surface area contributed by atoms with Crippen molar-refractivity contribution in [2.24, 2.45) is 0 Å². The molecule has 2 rings (SSSR count).